The van der Waals surface area contributed by atoms with Crippen molar-refractivity contribution in [1.82, 2.24) is 5.32 Å². The molecule has 0 aliphatic carbocycles. The summed E-state index contributed by atoms with van der Waals surface area (Å²) in [5.74, 6) is -0.0404. The summed E-state index contributed by atoms with van der Waals surface area (Å²) >= 11 is 0. The molecule has 1 N–H and O–H groups in total. The summed E-state index contributed by atoms with van der Waals surface area (Å²) in [6.45, 7) is 7.09. The van der Waals surface area contributed by atoms with Gasteiger partial charge in [0.15, 0.2) is 0 Å². The first-order valence-corrected chi connectivity index (χ1v) is 4.57. The third kappa shape index (κ3) is 9.98. The van der Waals surface area contributed by atoms with E-state index in [1.54, 1.807) is 6.92 Å². The summed E-state index contributed by atoms with van der Waals surface area (Å²) in [4.78, 5) is 11.1. The van der Waals surface area contributed by atoms with Crippen LogP contribution in [0.15, 0.2) is 12.2 Å². The van der Waals surface area contributed by atoms with E-state index in [0.717, 1.165) is 24.0 Å². The van der Waals surface area contributed by atoms with Crippen LogP contribution in [0.3, 0.4) is 0 Å². The standard InChI is InChI=1S/C10H20N2O.HI/c1-9(2)10(13)11-7-6-8-12(3,4)5;/h1,6-8H2,2-5H3;1H. The molecule has 0 fully saturated rings. The lowest BCUT2D eigenvalue weighted by molar-refractivity contribution is -0.870. The summed E-state index contributed by atoms with van der Waals surface area (Å²) < 4.78 is 0.933. The molecule has 4 heteroatoms. The molecule has 0 aliphatic rings. The van der Waals surface area contributed by atoms with E-state index in [1.165, 1.54) is 0 Å². The highest BCUT2D eigenvalue weighted by Crippen LogP contribution is 1.92. The van der Waals surface area contributed by atoms with Gasteiger partial charge >= 0.3 is 0 Å². The van der Waals surface area contributed by atoms with E-state index in [-0.39, 0.29) is 29.9 Å². The smallest absolute Gasteiger partial charge is 0.246 e. The first-order chi connectivity index (χ1) is 5.83. The van der Waals surface area contributed by atoms with Gasteiger partial charge in [0.2, 0.25) is 5.91 Å². The molecule has 0 bridgehead atoms. The van der Waals surface area contributed by atoms with Crippen molar-refractivity contribution in [2.24, 2.45) is 0 Å². The van der Waals surface area contributed by atoms with Gasteiger partial charge in [-0.1, -0.05) is 6.58 Å². The Hall–Kier alpha value is -0.100. The number of hydrogen-bond donors (Lipinski definition) is 1. The van der Waals surface area contributed by atoms with Crippen LogP contribution in [0.5, 0.6) is 0 Å². The van der Waals surface area contributed by atoms with E-state index < -0.39 is 0 Å². The van der Waals surface area contributed by atoms with Gasteiger partial charge in [-0.15, -0.1) is 0 Å². The van der Waals surface area contributed by atoms with E-state index in [9.17, 15) is 4.79 Å². The van der Waals surface area contributed by atoms with E-state index in [1.807, 2.05) is 0 Å². The van der Waals surface area contributed by atoms with Crippen molar-refractivity contribution < 1.29 is 33.3 Å². The molecule has 0 saturated heterocycles. The van der Waals surface area contributed by atoms with E-state index in [0.29, 0.717) is 5.57 Å². The Bertz CT molecular complexity index is 197. The summed E-state index contributed by atoms with van der Waals surface area (Å²) in [6.07, 6.45) is 1.00. The van der Waals surface area contributed by atoms with Crippen molar-refractivity contribution in [3.8, 4) is 0 Å². The van der Waals surface area contributed by atoms with E-state index >= 15 is 0 Å². The minimum atomic E-state index is -0.0404. The van der Waals surface area contributed by atoms with Crippen molar-refractivity contribution in [2.45, 2.75) is 13.3 Å². The lowest BCUT2D eigenvalue weighted by Crippen LogP contribution is -3.00. The number of nitrogens with zero attached hydrogens (tertiary/aromatic N) is 1. The molecule has 0 aromatic carbocycles. The highest BCUT2D eigenvalue weighted by molar-refractivity contribution is 5.91. The fourth-order valence-electron chi connectivity index (χ4n) is 0.906. The minimum Gasteiger partial charge on any atom is -1.00 e. The fraction of sp³-hybridized carbons (Fsp3) is 0.700. The molecular formula is C10H21IN2O. The third-order valence-electron chi connectivity index (χ3n) is 1.68. The predicted octanol–water partition coefficient (Wildman–Crippen LogP) is -2.22. The highest BCUT2D eigenvalue weighted by atomic mass is 127. The summed E-state index contributed by atoms with van der Waals surface area (Å²) in [5.41, 5.74) is 0.574. The van der Waals surface area contributed by atoms with Gasteiger partial charge in [0.25, 0.3) is 0 Å². The van der Waals surface area contributed by atoms with Crippen LogP contribution in [-0.2, 0) is 4.79 Å². The summed E-state index contributed by atoms with van der Waals surface area (Å²) in [5, 5.41) is 2.81. The zero-order chi connectivity index (χ0) is 10.5. The lowest BCUT2D eigenvalue weighted by atomic mass is 10.3. The zero-order valence-corrected chi connectivity index (χ0v) is 11.7. The average molecular weight is 312 g/mol. The third-order valence-corrected chi connectivity index (χ3v) is 1.68. The Labute approximate surface area is 104 Å². The Balaban J connectivity index is 0. The van der Waals surface area contributed by atoms with Crippen molar-refractivity contribution >= 4 is 5.91 Å². The molecule has 0 saturated carbocycles. The van der Waals surface area contributed by atoms with Gasteiger partial charge in [0.1, 0.15) is 0 Å². The molecule has 0 unspecified atom stereocenters. The molecule has 14 heavy (non-hydrogen) atoms. The first kappa shape index (κ1) is 16.3. The Morgan fingerprint density at radius 1 is 1.36 bits per heavy atom. The second-order valence-corrected chi connectivity index (χ2v) is 4.40. The summed E-state index contributed by atoms with van der Waals surface area (Å²) in [6, 6.07) is 0. The molecular weight excluding hydrogens is 291 g/mol. The fourth-order valence-corrected chi connectivity index (χ4v) is 0.906. The molecule has 0 aromatic heterocycles. The van der Waals surface area contributed by atoms with Gasteiger partial charge in [-0.3, -0.25) is 4.79 Å². The lowest BCUT2D eigenvalue weighted by Gasteiger charge is -2.23. The SMILES string of the molecule is C=C(C)C(=O)NCCC[N+](C)(C)C.[I-]. The Morgan fingerprint density at radius 3 is 2.21 bits per heavy atom. The molecule has 0 aliphatic heterocycles. The maximum absolute atomic E-state index is 11.1. The Morgan fingerprint density at radius 2 is 1.86 bits per heavy atom. The maximum atomic E-state index is 11.1. The van der Waals surface area contributed by atoms with Gasteiger partial charge in [0.05, 0.1) is 27.7 Å². The highest BCUT2D eigenvalue weighted by Gasteiger charge is 2.06. The van der Waals surface area contributed by atoms with Crippen LogP contribution >= 0.6 is 0 Å². The molecule has 0 radical (unpaired) electrons. The molecule has 0 rings (SSSR count). The molecule has 0 heterocycles. The zero-order valence-electron chi connectivity index (χ0n) is 9.56. The maximum Gasteiger partial charge on any atom is 0.246 e. The topological polar surface area (TPSA) is 29.1 Å². The van der Waals surface area contributed by atoms with Crippen LogP contribution in [0.1, 0.15) is 13.3 Å². The van der Waals surface area contributed by atoms with Crippen LogP contribution in [0.25, 0.3) is 0 Å². The van der Waals surface area contributed by atoms with Gasteiger partial charge in [-0.25, -0.2) is 0 Å². The second-order valence-electron chi connectivity index (χ2n) is 4.40. The van der Waals surface area contributed by atoms with Crippen LogP contribution in [-0.4, -0.2) is 44.6 Å². The number of quaternary nitrogens is 1. The number of nitrogens with one attached hydrogen (secondary N) is 1. The minimum absolute atomic E-state index is 0. The van der Waals surface area contributed by atoms with Crippen molar-refractivity contribution in [2.75, 3.05) is 34.2 Å². The second kappa shape index (κ2) is 7.23. The number of hydrogen-bond acceptors (Lipinski definition) is 1. The van der Waals surface area contributed by atoms with E-state index in [2.05, 4.69) is 33.0 Å². The van der Waals surface area contributed by atoms with Crippen molar-refractivity contribution in [3.63, 3.8) is 0 Å². The number of halogens is 1. The van der Waals surface area contributed by atoms with Crippen LogP contribution in [0, 0.1) is 0 Å². The largest absolute Gasteiger partial charge is 1.00 e. The summed E-state index contributed by atoms with van der Waals surface area (Å²) in [7, 11) is 6.42. The van der Waals surface area contributed by atoms with Gasteiger partial charge in [-0.2, -0.15) is 0 Å². The quantitative estimate of drug-likeness (QED) is 0.265. The number of rotatable bonds is 5. The van der Waals surface area contributed by atoms with Crippen molar-refractivity contribution in [1.29, 1.82) is 0 Å². The molecule has 84 valence electrons. The van der Waals surface area contributed by atoms with Gasteiger partial charge in [-0.05, 0) is 6.92 Å². The van der Waals surface area contributed by atoms with Crippen LogP contribution < -0.4 is 29.3 Å². The number of amides is 1. The van der Waals surface area contributed by atoms with Gasteiger partial charge in [0, 0.05) is 18.5 Å². The monoisotopic (exact) mass is 312 g/mol. The normalized spacial score (nSPS) is 10.3. The predicted molar refractivity (Wildman–Crippen MR) is 55.3 cm³/mol. The van der Waals surface area contributed by atoms with Crippen molar-refractivity contribution in [3.05, 3.63) is 12.2 Å². The number of carbonyl (C=O) groups excluding carboxylic acids is 1. The first-order valence-electron chi connectivity index (χ1n) is 4.57. The Kier molecular flexibility index (Phi) is 8.43. The van der Waals surface area contributed by atoms with Gasteiger partial charge < -0.3 is 33.8 Å². The molecule has 3 nitrogen and oxygen atoms in total. The average Bonchev–Trinajstić information content (AvgIpc) is 1.95. The van der Waals surface area contributed by atoms with Crippen LogP contribution in [0.2, 0.25) is 0 Å². The van der Waals surface area contributed by atoms with E-state index in [4.69, 9.17) is 0 Å². The van der Waals surface area contributed by atoms with Crippen LogP contribution in [0.4, 0.5) is 0 Å². The molecule has 1 amide bonds. The molecule has 0 spiro atoms. The molecule has 0 atom stereocenters. The number of carbonyl (C=O) groups is 1. The molecule has 0 aromatic rings.